The van der Waals surface area contributed by atoms with E-state index in [1.54, 1.807) is 39.0 Å². The van der Waals surface area contributed by atoms with Crippen molar-refractivity contribution in [3.63, 3.8) is 0 Å². The van der Waals surface area contributed by atoms with Crippen molar-refractivity contribution in [3.8, 4) is 5.75 Å². The molecule has 0 aromatic heterocycles. The highest BCUT2D eigenvalue weighted by molar-refractivity contribution is 7.99. The number of urea groups is 1. The topological polar surface area (TPSA) is 111 Å². The first-order chi connectivity index (χ1) is 13.0. The lowest BCUT2D eigenvalue weighted by Crippen LogP contribution is -2.49. The molecule has 1 aromatic rings. The molecule has 1 aromatic carbocycles. The van der Waals surface area contributed by atoms with E-state index in [2.05, 4.69) is 10.6 Å². The number of benzene rings is 1. The van der Waals surface area contributed by atoms with E-state index < -0.39 is 30.1 Å². The summed E-state index contributed by atoms with van der Waals surface area (Å²) in [5.74, 6) is -0.298. The number of thioether (sulfide) groups is 1. The largest absolute Gasteiger partial charge is 0.496 e. The van der Waals surface area contributed by atoms with Gasteiger partial charge in [0.2, 0.25) is 0 Å². The molecule has 0 aliphatic rings. The first kappa shape index (κ1) is 23.5. The van der Waals surface area contributed by atoms with E-state index >= 15 is 0 Å². The minimum atomic E-state index is -0.712. The fourth-order valence-electron chi connectivity index (χ4n) is 2.08. The van der Waals surface area contributed by atoms with E-state index in [1.165, 1.54) is 25.8 Å². The monoisotopic (exact) mass is 410 g/mol. The summed E-state index contributed by atoms with van der Waals surface area (Å²) in [4.78, 5) is 46.4. The minimum absolute atomic E-state index is 0.00885. The first-order valence-corrected chi connectivity index (χ1v) is 9.70. The van der Waals surface area contributed by atoms with Crippen LogP contribution in [0.5, 0.6) is 5.75 Å². The minimum Gasteiger partial charge on any atom is -0.496 e. The zero-order valence-corrected chi connectivity index (χ0v) is 17.5. The predicted molar refractivity (Wildman–Crippen MR) is 107 cm³/mol. The van der Waals surface area contributed by atoms with Gasteiger partial charge in [0, 0.05) is 22.4 Å². The highest BCUT2D eigenvalue weighted by Crippen LogP contribution is 2.25. The quantitative estimate of drug-likeness (QED) is 0.500. The molecule has 3 amide bonds. The smallest absolute Gasteiger partial charge is 0.321 e. The second-order valence-corrected chi connectivity index (χ2v) is 7.97. The third kappa shape index (κ3) is 8.90. The standard InChI is InChI=1S/C19H26N2O6S/c1-12(22)13-6-7-15(26-5)14(8-13)10-28-11-17(24)27-9-16(23)20-18(25)21-19(2,3)4/h6-8H,9-11H2,1-5H3,(H2,20,21,23,25). The Morgan fingerprint density at radius 1 is 1.14 bits per heavy atom. The summed E-state index contributed by atoms with van der Waals surface area (Å²) in [7, 11) is 1.53. The van der Waals surface area contributed by atoms with Gasteiger partial charge in [0.05, 0.1) is 12.9 Å². The van der Waals surface area contributed by atoms with Crippen molar-refractivity contribution in [3.05, 3.63) is 29.3 Å². The van der Waals surface area contributed by atoms with Crippen molar-refractivity contribution in [2.45, 2.75) is 39.0 Å². The highest BCUT2D eigenvalue weighted by Gasteiger charge is 2.16. The maximum Gasteiger partial charge on any atom is 0.321 e. The second-order valence-electron chi connectivity index (χ2n) is 6.99. The number of carbonyl (C=O) groups excluding carboxylic acids is 4. The zero-order chi connectivity index (χ0) is 21.3. The number of methoxy groups -OCH3 is 1. The van der Waals surface area contributed by atoms with Crippen LogP contribution in [-0.2, 0) is 20.1 Å². The molecule has 0 aliphatic heterocycles. The maximum absolute atomic E-state index is 11.8. The molecule has 0 heterocycles. The van der Waals surface area contributed by atoms with Gasteiger partial charge in [-0.3, -0.25) is 19.7 Å². The van der Waals surface area contributed by atoms with Gasteiger partial charge in [-0.05, 0) is 45.9 Å². The van der Waals surface area contributed by atoms with Crippen LogP contribution in [0.4, 0.5) is 4.79 Å². The van der Waals surface area contributed by atoms with Crippen LogP contribution in [0.15, 0.2) is 18.2 Å². The van der Waals surface area contributed by atoms with Gasteiger partial charge < -0.3 is 14.8 Å². The zero-order valence-electron chi connectivity index (χ0n) is 16.7. The summed E-state index contributed by atoms with van der Waals surface area (Å²) in [6, 6.07) is 4.46. The molecule has 28 heavy (non-hydrogen) atoms. The second kappa shape index (κ2) is 10.7. The number of amides is 3. The molecule has 0 saturated heterocycles. The Bertz CT molecular complexity index is 742. The average molecular weight is 410 g/mol. The fraction of sp³-hybridized carbons (Fsp3) is 0.474. The molecule has 0 atom stereocenters. The van der Waals surface area contributed by atoms with Crippen molar-refractivity contribution in [1.29, 1.82) is 0 Å². The molecular weight excluding hydrogens is 384 g/mol. The summed E-state index contributed by atoms with van der Waals surface area (Å²) in [5, 5.41) is 4.65. The molecule has 0 fully saturated rings. The molecular formula is C19H26N2O6S. The van der Waals surface area contributed by atoms with Crippen molar-refractivity contribution in [2.24, 2.45) is 0 Å². The summed E-state index contributed by atoms with van der Waals surface area (Å²) in [5.41, 5.74) is 0.854. The van der Waals surface area contributed by atoms with E-state index in [9.17, 15) is 19.2 Å². The normalized spacial score (nSPS) is 10.8. The lowest BCUT2D eigenvalue weighted by molar-refractivity contribution is -0.145. The number of carbonyl (C=O) groups is 4. The molecule has 0 unspecified atom stereocenters. The van der Waals surface area contributed by atoms with Gasteiger partial charge >= 0.3 is 12.0 Å². The van der Waals surface area contributed by atoms with E-state index in [0.29, 0.717) is 17.1 Å². The number of Topliss-reactive ketones (excluding diaryl/α,β-unsaturated/α-hetero) is 1. The van der Waals surface area contributed by atoms with Gasteiger partial charge in [-0.25, -0.2) is 4.79 Å². The Morgan fingerprint density at radius 2 is 1.82 bits per heavy atom. The number of hydrogen-bond acceptors (Lipinski definition) is 7. The Kier molecular flexibility index (Phi) is 8.98. The number of hydrogen-bond donors (Lipinski definition) is 2. The fourth-order valence-corrected chi connectivity index (χ4v) is 2.87. The van der Waals surface area contributed by atoms with E-state index in [1.807, 2.05) is 0 Å². The molecule has 154 valence electrons. The van der Waals surface area contributed by atoms with Crippen LogP contribution in [0.3, 0.4) is 0 Å². The summed E-state index contributed by atoms with van der Waals surface area (Å²) in [6.07, 6.45) is 0. The van der Waals surface area contributed by atoms with Crippen LogP contribution in [0.2, 0.25) is 0 Å². The predicted octanol–water partition coefficient (Wildman–Crippen LogP) is 2.30. The molecule has 0 bridgehead atoms. The number of nitrogens with one attached hydrogen (secondary N) is 2. The third-order valence-corrected chi connectivity index (χ3v) is 4.23. The highest BCUT2D eigenvalue weighted by atomic mass is 32.2. The molecule has 0 saturated carbocycles. The molecule has 1 rings (SSSR count). The Balaban J connectivity index is 2.41. The van der Waals surface area contributed by atoms with Crippen molar-refractivity contribution in [1.82, 2.24) is 10.6 Å². The summed E-state index contributed by atoms with van der Waals surface area (Å²) in [6.45, 7) is 6.25. The average Bonchev–Trinajstić information content (AvgIpc) is 2.58. The molecule has 0 radical (unpaired) electrons. The number of ether oxygens (including phenoxy) is 2. The maximum atomic E-state index is 11.8. The van der Waals surface area contributed by atoms with Crippen molar-refractivity contribution in [2.75, 3.05) is 19.5 Å². The number of ketones is 1. The lowest BCUT2D eigenvalue weighted by atomic mass is 10.1. The van der Waals surface area contributed by atoms with Crippen LogP contribution in [0.25, 0.3) is 0 Å². The SMILES string of the molecule is COc1ccc(C(C)=O)cc1CSCC(=O)OCC(=O)NC(=O)NC(C)(C)C. The number of imide groups is 1. The van der Waals surface area contributed by atoms with Crippen LogP contribution >= 0.6 is 11.8 Å². The number of rotatable bonds is 8. The Morgan fingerprint density at radius 3 is 2.39 bits per heavy atom. The van der Waals surface area contributed by atoms with Gasteiger partial charge in [0.1, 0.15) is 5.75 Å². The van der Waals surface area contributed by atoms with Gasteiger partial charge in [-0.1, -0.05) is 0 Å². The van der Waals surface area contributed by atoms with Crippen LogP contribution in [0, 0.1) is 0 Å². The third-order valence-electron chi connectivity index (χ3n) is 3.27. The Hall–Kier alpha value is -2.55. The van der Waals surface area contributed by atoms with E-state index in [4.69, 9.17) is 9.47 Å². The van der Waals surface area contributed by atoms with Crippen LogP contribution in [0.1, 0.15) is 43.6 Å². The number of esters is 1. The molecule has 8 nitrogen and oxygen atoms in total. The molecule has 2 N–H and O–H groups in total. The Labute approximate surface area is 168 Å². The lowest BCUT2D eigenvalue weighted by Gasteiger charge is -2.20. The van der Waals surface area contributed by atoms with Crippen LogP contribution < -0.4 is 15.4 Å². The van der Waals surface area contributed by atoms with Crippen molar-refractivity contribution >= 4 is 35.5 Å². The summed E-state index contributed by atoms with van der Waals surface area (Å²) < 4.78 is 10.1. The molecule has 9 heteroatoms. The van der Waals surface area contributed by atoms with Crippen molar-refractivity contribution < 1.29 is 28.7 Å². The van der Waals surface area contributed by atoms with Crippen LogP contribution in [-0.4, -0.2) is 48.7 Å². The van der Waals surface area contributed by atoms with Gasteiger partial charge in [-0.15, -0.1) is 11.8 Å². The molecule has 0 spiro atoms. The van der Waals surface area contributed by atoms with E-state index in [-0.39, 0.29) is 11.5 Å². The first-order valence-electron chi connectivity index (χ1n) is 8.55. The van der Waals surface area contributed by atoms with E-state index in [0.717, 1.165) is 5.56 Å². The molecule has 0 aliphatic carbocycles. The van der Waals surface area contributed by atoms with Gasteiger partial charge in [-0.2, -0.15) is 0 Å². The van der Waals surface area contributed by atoms with Gasteiger partial charge in [0.15, 0.2) is 12.4 Å². The van der Waals surface area contributed by atoms with Gasteiger partial charge in [0.25, 0.3) is 5.91 Å². The summed E-state index contributed by atoms with van der Waals surface area (Å²) >= 11 is 1.26.